The van der Waals surface area contributed by atoms with Crippen LogP contribution in [0.5, 0.6) is 5.88 Å². The summed E-state index contributed by atoms with van der Waals surface area (Å²) < 4.78 is 55.5. The van der Waals surface area contributed by atoms with Gasteiger partial charge < -0.3 is 24.4 Å². The van der Waals surface area contributed by atoms with Crippen LogP contribution in [0.25, 0.3) is 0 Å². The lowest BCUT2D eigenvalue weighted by Crippen LogP contribution is -2.49. The molecular weight excluding hydrogens is 523 g/mol. The number of amides is 3. The monoisotopic (exact) mass is 551 g/mol. The van der Waals surface area contributed by atoms with Gasteiger partial charge in [-0.15, -0.1) is 10.2 Å². The van der Waals surface area contributed by atoms with Gasteiger partial charge in [0, 0.05) is 19.2 Å². The van der Waals surface area contributed by atoms with E-state index in [-0.39, 0.29) is 42.0 Å². The van der Waals surface area contributed by atoms with E-state index in [0.717, 1.165) is 6.92 Å². The van der Waals surface area contributed by atoms with E-state index in [1.165, 1.54) is 17.0 Å². The zero-order valence-electron chi connectivity index (χ0n) is 21.5. The number of pyridine rings is 1. The number of urea groups is 1. The highest BCUT2D eigenvalue weighted by atomic mass is 19.4. The largest absolute Gasteiger partial charge is 0.474 e. The van der Waals surface area contributed by atoms with Crippen molar-refractivity contribution in [3.63, 3.8) is 0 Å². The van der Waals surface area contributed by atoms with Crippen LogP contribution in [0.15, 0.2) is 24.3 Å². The lowest BCUT2D eigenvalue weighted by molar-refractivity contribution is -0.149. The van der Waals surface area contributed by atoms with Crippen LogP contribution in [0.3, 0.4) is 0 Å². The van der Waals surface area contributed by atoms with Gasteiger partial charge in [0.05, 0.1) is 18.3 Å². The molecular formula is C24H28F3N7O5. The lowest BCUT2D eigenvalue weighted by Gasteiger charge is -2.35. The highest BCUT2D eigenvalue weighted by molar-refractivity contribution is 6.05. The van der Waals surface area contributed by atoms with Gasteiger partial charge in [0.2, 0.25) is 5.88 Å². The third kappa shape index (κ3) is 5.83. The van der Waals surface area contributed by atoms with Crippen molar-refractivity contribution in [3.05, 3.63) is 30.0 Å². The molecule has 39 heavy (non-hydrogen) atoms. The first kappa shape index (κ1) is 26.9. The number of carbonyl (C=O) groups is 2. The van der Waals surface area contributed by atoms with E-state index >= 15 is 0 Å². The fourth-order valence-electron chi connectivity index (χ4n) is 4.61. The highest BCUT2D eigenvalue weighted by Crippen LogP contribution is 2.39. The van der Waals surface area contributed by atoms with Gasteiger partial charge in [-0.1, -0.05) is 0 Å². The molecule has 0 aromatic carbocycles. The first-order chi connectivity index (χ1) is 18.4. The maximum Gasteiger partial charge on any atom is 0.408 e. The van der Waals surface area contributed by atoms with E-state index < -0.39 is 29.9 Å². The standard InChI is InChI=1S/C24H28F3N7O5/c1-13(24(25,26)27)28-21(35)16-4-5-17-20(29-16)34(14-8-9-33(17)10-14)22(36)30-18-6-7-19(32-31-18)37-11-15-12-38-23(2,3)39-15/h4-7,13-15H,8-12H2,1-3H3,(H,28,35)(H,30,31,36)/t13?,14-,15?/m0/s1. The molecule has 0 spiro atoms. The van der Waals surface area contributed by atoms with Crippen LogP contribution in [0, 0.1) is 0 Å². The van der Waals surface area contributed by atoms with E-state index in [4.69, 9.17) is 14.2 Å². The van der Waals surface area contributed by atoms with Gasteiger partial charge in [-0.3, -0.25) is 15.0 Å². The molecule has 3 atom stereocenters. The van der Waals surface area contributed by atoms with Crippen molar-refractivity contribution < 1.29 is 37.0 Å². The summed E-state index contributed by atoms with van der Waals surface area (Å²) in [6, 6.07) is 3.15. The van der Waals surface area contributed by atoms with Crippen molar-refractivity contribution in [2.24, 2.45) is 0 Å². The second-order valence-electron chi connectivity index (χ2n) is 9.98. The van der Waals surface area contributed by atoms with Crippen molar-refractivity contribution in [1.29, 1.82) is 0 Å². The van der Waals surface area contributed by atoms with Gasteiger partial charge in [0.15, 0.2) is 17.4 Å². The number of fused-ring (bicyclic) bond motifs is 4. The molecule has 2 aromatic heterocycles. The summed E-state index contributed by atoms with van der Waals surface area (Å²) in [6.45, 7) is 6.30. The van der Waals surface area contributed by atoms with Gasteiger partial charge in [0.25, 0.3) is 5.91 Å². The number of nitrogens with one attached hydrogen (secondary N) is 2. The van der Waals surface area contributed by atoms with Crippen LogP contribution in [0.1, 0.15) is 37.7 Å². The van der Waals surface area contributed by atoms with Crippen LogP contribution < -0.4 is 25.2 Å². The number of alkyl halides is 3. The minimum absolute atomic E-state index is 0.156. The molecule has 2 unspecified atom stereocenters. The molecule has 5 rings (SSSR count). The number of halogens is 3. The van der Waals surface area contributed by atoms with Gasteiger partial charge >= 0.3 is 12.2 Å². The van der Waals surface area contributed by atoms with Crippen LogP contribution in [0.4, 0.5) is 35.3 Å². The summed E-state index contributed by atoms with van der Waals surface area (Å²) in [5, 5.41) is 12.6. The normalized spacial score (nSPS) is 22.3. The second-order valence-corrected chi connectivity index (χ2v) is 9.98. The number of hydrogen-bond donors (Lipinski definition) is 2. The molecule has 210 valence electrons. The van der Waals surface area contributed by atoms with Gasteiger partial charge in [0.1, 0.15) is 24.4 Å². The molecule has 2 saturated heterocycles. The Hall–Kier alpha value is -3.72. The average Bonchev–Trinajstić information content (AvgIpc) is 3.45. The summed E-state index contributed by atoms with van der Waals surface area (Å²) in [5.74, 6) is -1.08. The summed E-state index contributed by atoms with van der Waals surface area (Å²) in [6.07, 6.45) is -4.20. The summed E-state index contributed by atoms with van der Waals surface area (Å²) >= 11 is 0. The molecule has 3 amide bonds. The molecule has 15 heteroatoms. The minimum atomic E-state index is -4.60. The van der Waals surface area contributed by atoms with Gasteiger partial charge in [-0.05, 0) is 45.4 Å². The van der Waals surface area contributed by atoms with E-state index in [0.29, 0.717) is 31.8 Å². The Labute approximate surface area is 221 Å². The van der Waals surface area contributed by atoms with Crippen LogP contribution in [-0.4, -0.2) is 83.6 Å². The zero-order valence-corrected chi connectivity index (χ0v) is 21.5. The van der Waals surface area contributed by atoms with E-state index in [9.17, 15) is 22.8 Å². The molecule has 3 aliphatic rings. The highest BCUT2D eigenvalue weighted by Gasteiger charge is 2.41. The Bertz CT molecular complexity index is 1240. The number of rotatable bonds is 6. The first-order valence-electron chi connectivity index (χ1n) is 12.4. The van der Waals surface area contributed by atoms with Crippen LogP contribution in [0.2, 0.25) is 0 Å². The van der Waals surface area contributed by atoms with Crippen molar-refractivity contribution >= 4 is 29.3 Å². The Balaban J connectivity index is 1.27. The number of hydrogen-bond acceptors (Lipinski definition) is 9. The Kier molecular flexibility index (Phi) is 6.97. The Morgan fingerprint density at radius 3 is 2.69 bits per heavy atom. The third-order valence-electron chi connectivity index (χ3n) is 6.60. The first-order valence-corrected chi connectivity index (χ1v) is 12.4. The molecule has 12 nitrogen and oxygen atoms in total. The summed E-state index contributed by atoms with van der Waals surface area (Å²) in [4.78, 5) is 33.5. The van der Waals surface area contributed by atoms with Crippen LogP contribution >= 0.6 is 0 Å². The molecule has 5 heterocycles. The fraction of sp³-hybridized carbons (Fsp3) is 0.542. The second kappa shape index (κ2) is 10.1. The molecule has 0 radical (unpaired) electrons. The minimum Gasteiger partial charge on any atom is -0.474 e. The molecule has 0 aliphatic carbocycles. The maximum atomic E-state index is 13.3. The zero-order chi connectivity index (χ0) is 27.9. The van der Waals surface area contributed by atoms with Crippen molar-refractivity contribution in [3.8, 4) is 5.88 Å². The Morgan fingerprint density at radius 1 is 1.23 bits per heavy atom. The number of ether oxygens (including phenoxy) is 3. The molecule has 0 saturated carbocycles. The third-order valence-corrected chi connectivity index (χ3v) is 6.60. The SMILES string of the molecule is CC(NC(=O)c1ccc2c(n1)N(C(=O)Nc1ccc(OCC3COC(C)(C)O3)nn1)[C@H]1CCN2C1)C(F)(F)F. The van der Waals surface area contributed by atoms with E-state index in [1.807, 2.05) is 24.1 Å². The summed E-state index contributed by atoms with van der Waals surface area (Å²) in [7, 11) is 0. The number of carbonyl (C=O) groups excluding carboxylic acids is 2. The van der Waals surface area contributed by atoms with E-state index in [1.54, 1.807) is 12.1 Å². The van der Waals surface area contributed by atoms with Crippen molar-refractivity contribution in [2.45, 2.75) is 57.3 Å². The van der Waals surface area contributed by atoms with Crippen molar-refractivity contribution in [2.75, 3.05) is 41.4 Å². The summed E-state index contributed by atoms with van der Waals surface area (Å²) in [5.41, 5.74) is 0.377. The predicted octanol–water partition coefficient (Wildman–Crippen LogP) is 2.71. The number of nitrogens with zero attached hydrogens (tertiary/aromatic N) is 5. The van der Waals surface area contributed by atoms with E-state index in [2.05, 4.69) is 20.5 Å². The smallest absolute Gasteiger partial charge is 0.408 e. The molecule has 2 N–H and O–H groups in total. The Morgan fingerprint density at radius 2 is 2.03 bits per heavy atom. The topological polar surface area (TPSA) is 131 Å². The quantitative estimate of drug-likeness (QED) is 0.556. The maximum absolute atomic E-state index is 13.3. The predicted molar refractivity (Wildman–Crippen MR) is 132 cm³/mol. The average molecular weight is 552 g/mol. The molecule has 2 bridgehead atoms. The number of aromatic nitrogens is 3. The molecule has 2 fully saturated rings. The molecule has 3 aliphatic heterocycles. The van der Waals surface area contributed by atoms with Crippen LogP contribution in [-0.2, 0) is 9.47 Å². The van der Waals surface area contributed by atoms with Gasteiger partial charge in [-0.25, -0.2) is 9.78 Å². The lowest BCUT2D eigenvalue weighted by atomic mass is 10.1. The fourth-order valence-corrected chi connectivity index (χ4v) is 4.61. The number of anilines is 3. The molecule has 2 aromatic rings. The van der Waals surface area contributed by atoms with Gasteiger partial charge in [-0.2, -0.15) is 13.2 Å². The van der Waals surface area contributed by atoms with Crippen molar-refractivity contribution in [1.82, 2.24) is 20.5 Å².